The smallest absolute Gasteiger partial charge is 0.406 e. The molecule has 0 saturated carbocycles. The van der Waals surface area contributed by atoms with Gasteiger partial charge in [0.25, 0.3) is 0 Å². The molecule has 0 aliphatic carbocycles. The lowest BCUT2D eigenvalue weighted by Gasteiger charge is -2.18. The van der Waals surface area contributed by atoms with Gasteiger partial charge in [0.05, 0.1) is 12.1 Å². The third-order valence-corrected chi connectivity index (χ3v) is 3.77. The van der Waals surface area contributed by atoms with Gasteiger partial charge in [-0.1, -0.05) is 11.6 Å². The van der Waals surface area contributed by atoms with Gasteiger partial charge in [0.2, 0.25) is 5.91 Å². The summed E-state index contributed by atoms with van der Waals surface area (Å²) >= 11 is 5.96. The zero-order valence-electron chi connectivity index (χ0n) is 12.1. The fourth-order valence-electron chi connectivity index (χ4n) is 2.48. The largest absolute Gasteiger partial charge is 0.573 e. The van der Waals surface area contributed by atoms with Crippen LogP contribution in [0.4, 0.5) is 13.2 Å². The molecule has 1 fully saturated rings. The normalized spacial score (nSPS) is 20.6. The van der Waals surface area contributed by atoms with Gasteiger partial charge in [-0.05, 0) is 37.1 Å². The fourth-order valence-corrected chi connectivity index (χ4v) is 2.82. The van der Waals surface area contributed by atoms with Crippen LogP contribution < -0.4 is 10.1 Å². The van der Waals surface area contributed by atoms with E-state index in [1.807, 2.05) is 0 Å². The van der Waals surface area contributed by atoms with E-state index < -0.39 is 41.9 Å². The molecule has 1 aromatic rings. The number of benzene rings is 1. The number of aliphatic hydroxyl groups excluding tert-OH is 1. The maximum atomic E-state index is 12.3. The first-order chi connectivity index (χ1) is 10.5. The Morgan fingerprint density at radius 2 is 1.96 bits per heavy atom. The van der Waals surface area contributed by atoms with Crippen molar-refractivity contribution in [2.45, 2.75) is 38.3 Å². The van der Waals surface area contributed by atoms with E-state index in [0.717, 1.165) is 12.1 Å². The molecule has 1 unspecified atom stereocenters. The lowest BCUT2D eigenvalue weighted by molar-refractivity contribution is -0.274. The Balaban J connectivity index is 2.52. The highest BCUT2D eigenvalue weighted by Gasteiger charge is 2.48. The van der Waals surface area contributed by atoms with Crippen LogP contribution in [0.15, 0.2) is 12.1 Å². The van der Waals surface area contributed by atoms with Crippen LogP contribution in [-0.4, -0.2) is 28.7 Å². The van der Waals surface area contributed by atoms with Gasteiger partial charge < -0.3 is 15.2 Å². The molecular formula is C14H13ClF3NO4. The van der Waals surface area contributed by atoms with Crippen molar-refractivity contribution in [1.29, 1.82) is 0 Å². The molecular weight excluding hydrogens is 339 g/mol. The quantitative estimate of drug-likeness (QED) is 0.819. The molecule has 126 valence electrons. The molecule has 2 N–H and O–H groups in total. The predicted molar refractivity (Wildman–Crippen MR) is 74.0 cm³/mol. The second-order valence-electron chi connectivity index (χ2n) is 5.60. The van der Waals surface area contributed by atoms with Gasteiger partial charge in [-0.15, -0.1) is 13.2 Å². The van der Waals surface area contributed by atoms with E-state index in [2.05, 4.69) is 10.1 Å². The van der Waals surface area contributed by atoms with Crippen LogP contribution in [0.2, 0.25) is 5.02 Å². The summed E-state index contributed by atoms with van der Waals surface area (Å²) in [5.41, 5.74) is -1.22. The van der Waals surface area contributed by atoms with E-state index in [-0.39, 0.29) is 16.1 Å². The predicted octanol–water partition coefficient (Wildman–Crippen LogP) is 2.29. The molecule has 1 amide bonds. The number of hydrogen-bond acceptors (Lipinski definition) is 4. The first-order valence-corrected chi connectivity index (χ1v) is 6.89. The first-order valence-electron chi connectivity index (χ1n) is 6.51. The Morgan fingerprint density at radius 3 is 2.39 bits per heavy atom. The number of halogens is 4. The number of Topliss-reactive ketones (excluding diaryl/α,β-unsaturated/α-hetero) is 1. The van der Waals surface area contributed by atoms with Gasteiger partial charge in [-0.3, -0.25) is 9.59 Å². The topological polar surface area (TPSA) is 75.6 Å². The maximum absolute atomic E-state index is 12.3. The minimum atomic E-state index is -4.93. The van der Waals surface area contributed by atoms with Gasteiger partial charge in [0, 0.05) is 5.02 Å². The number of ketones is 1. The summed E-state index contributed by atoms with van der Waals surface area (Å²) in [6.07, 6.45) is -4.93. The molecule has 5 nitrogen and oxygen atoms in total. The number of carbonyl (C=O) groups excluding carboxylic acids is 2. The van der Waals surface area contributed by atoms with E-state index in [0.29, 0.717) is 0 Å². The van der Waals surface area contributed by atoms with E-state index in [4.69, 9.17) is 11.6 Å². The number of rotatable bonds is 3. The van der Waals surface area contributed by atoms with Crippen LogP contribution in [-0.2, 0) is 16.2 Å². The van der Waals surface area contributed by atoms with Crippen molar-refractivity contribution in [1.82, 2.24) is 5.32 Å². The Kier molecular flexibility index (Phi) is 4.34. The Labute approximate surface area is 134 Å². The zero-order chi connectivity index (χ0) is 17.6. The highest BCUT2D eigenvalue weighted by atomic mass is 35.5. The molecule has 1 atom stereocenters. The Hall–Kier alpha value is -1.80. The minimum Gasteiger partial charge on any atom is -0.406 e. The second kappa shape index (κ2) is 5.68. The standard InChI is InChI=1S/C14H13ClF3NO4/c1-13(2)11(21)10(12(22)19-13)9-6(5-20)3-7(4-8(9)15)23-14(16,17)18/h3-4,10,20H,5H2,1-2H3,(H,19,22). The van der Waals surface area contributed by atoms with Crippen molar-refractivity contribution in [3.8, 4) is 5.75 Å². The van der Waals surface area contributed by atoms with Crippen molar-refractivity contribution in [3.63, 3.8) is 0 Å². The fraction of sp³-hybridized carbons (Fsp3) is 0.429. The molecule has 0 bridgehead atoms. The minimum absolute atomic E-state index is 0.0169. The van der Waals surface area contributed by atoms with Crippen LogP contribution in [0.1, 0.15) is 30.9 Å². The Morgan fingerprint density at radius 1 is 1.35 bits per heavy atom. The Bertz CT molecular complexity index is 673. The molecule has 1 aliphatic rings. The lowest BCUT2D eigenvalue weighted by Crippen LogP contribution is -2.39. The van der Waals surface area contributed by atoms with Gasteiger partial charge in [-0.25, -0.2) is 0 Å². The number of hydrogen-bond donors (Lipinski definition) is 2. The molecule has 0 radical (unpaired) electrons. The number of amides is 1. The zero-order valence-corrected chi connectivity index (χ0v) is 12.9. The summed E-state index contributed by atoms with van der Waals surface area (Å²) in [7, 11) is 0. The van der Waals surface area contributed by atoms with E-state index in [9.17, 15) is 27.9 Å². The van der Waals surface area contributed by atoms with Crippen LogP contribution in [0.5, 0.6) is 5.75 Å². The van der Waals surface area contributed by atoms with E-state index in [1.165, 1.54) is 13.8 Å². The molecule has 1 aliphatic heterocycles. The third-order valence-electron chi connectivity index (χ3n) is 3.46. The maximum Gasteiger partial charge on any atom is 0.573 e. The highest BCUT2D eigenvalue weighted by molar-refractivity contribution is 6.33. The van der Waals surface area contributed by atoms with Crippen molar-refractivity contribution in [2.24, 2.45) is 0 Å². The van der Waals surface area contributed by atoms with E-state index in [1.54, 1.807) is 0 Å². The van der Waals surface area contributed by atoms with Gasteiger partial charge in [0.1, 0.15) is 11.7 Å². The van der Waals surface area contributed by atoms with Gasteiger partial charge >= 0.3 is 6.36 Å². The van der Waals surface area contributed by atoms with Gasteiger partial charge in [-0.2, -0.15) is 0 Å². The number of aliphatic hydroxyl groups is 1. The van der Waals surface area contributed by atoms with Crippen LogP contribution in [0, 0.1) is 0 Å². The average Bonchev–Trinajstić information content (AvgIpc) is 2.57. The van der Waals surface area contributed by atoms with Crippen molar-refractivity contribution in [3.05, 3.63) is 28.3 Å². The number of alkyl halides is 3. The molecule has 1 heterocycles. The molecule has 1 aromatic carbocycles. The molecule has 0 spiro atoms. The summed E-state index contributed by atoms with van der Waals surface area (Å²) in [6, 6.07) is 1.76. The van der Waals surface area contributed by atoms with Crippen molar-refractivity contribution in [2.75, 3.05) is 0 Å². The SMILES string of the molecule is CC1(C)NC(=O)C(c2c(Cl)cc(OC(F)(F)F)cc2CO)C1=O. The number of nitrogens with one attached hydrogen (secondary N) is 1. The number of ether oxygens (including phenoxy) is 1. The number of carbonyl (C=O) groups is 2. The summed E-state index contributed by atoms with van der Waals surface area (Å²) in [6.45, 7) is 2.30. The second-order valence-corrected chi connectivity index (χ2v) is 6.00. The van der Waals surface area contributed by atoms with Crippen LogP contribution >= 0.6 is 11.6 Å². The van der Waals surface area contributed by atoms with Crippen LogP contribution in [0.3, 0.4) is 0 Å². The molecule has 0 aromatic heterocycles. The molecule has 1 saturated heterocycles. The summed E-state index contributed by atoms with van der Waals surface area (Å²) in [5.74, 6) is -3.04. The third kappa shape index (κ3) is 3.42. The first kappa shape index (κ1) is 17.6. The molecule has 2 rings (SSSR count). The monoisotopic (exact) mass is 351 g/mol. The summed E-state index contributed by atoms with van der Waals surface area (Å²) in [4.78, 5) is 24.4. The summed E-state index contributed by atoms with van der Waals surface area (Å²) in [5, 5.41) is 11.6. The average molecular weight is 352 g/mol. The molecule has 23 heavy (non-hydrogen) atoms. The van der Waals surface area contributed by atoms with Crippen molar-refractivity contribution < 1.29 is 32.6 Å². The van der Waals surface area contributed by atoms with E-state index >= 15 is 0 Å². The lowest BCUT2D eigenvalue weighted by atomic mass is 9.87. The highest BCUT2D eigenvalue weighted by Crippen LogP contribution is 2.39. The van der Waals surface area contributed by atoms with Gasteiger partial charge in [0.15, 0.2) is 5.78 Å². The van der Waals surface area contributed by atoms with Crippen LogP contribution in [0.25, 0.3) is 0 Å². The summed E-state index contributed by atoms with van der Waals surface area (Å²) < 4.78 is 40.6. The van der Waals surface area contributed by atoms with Crippen molar-refractivity contribution >= 4 is 23.3 Å². The molecule has 9 heteroatoms.